The van der Waals surface area contributed by atoms with E-state index in [2.05, 4.69) is 144 Å². The first-order chi connectivity index (χ1) is 24.8. The second-order valence-corrected chi connectivity index (χ2v) is 12.6. The molecule has 4 heteroatoms. The van der Waals surface area contributed by atoms with Crippen molar-refractivity contribution in [3.63, 3.8) is 0 Å². The van der Waals surface area contributed by atoms with Crippen LogP contribution in [0.1, 0.15) is 0 Å². The van der Waals surface area contributed by atoms with E-state index in [1.54, 1.807) is 0 Å². The summed E-state index contributed by atoms with van der Waals surface area (Å²) >= 11 is 0. The first-order valence-electron chi connectivity index (χ1n) is 16.8. The van der Waals surface area contributed by atoms with Crippen molar-refractivity contribution in [2.45, 2.75) is 0 Å². The Morgan fingerprint density at radius 2 is 0.880 bits per heavy atom. The van der Waals surface area contributed by atoms with E-state index in [-0.39, 0.29) is 0 Å². The summed E-state index contributed by atoms with van der Waals surface area (Å²) in [5, 5.41) is 4.32. The average molecular weight is 642 g/mol. The van der Waals surface area contributed by atoms with Crippen LogP contribution in [0, 0.1) is 0 Å². The fourth-order valence-corrected chi connectivity index (χ4v) is 7.13. The molecule has 3 aromatic heterocycles. The summed E-state index contributed by atoms with van der Waals surface area (Å²) in [6.45, 7) is 0. The number of benzene rings is 7. The third-order valence-corrected chi connectivity index (χ3v) is 9.56. The first-order valence-corrected chi connectivity index (χ1v) is 16.8. The Morgan fingerprint density at radius 3 is 1.52 bits per heavy atom. The van der Waals surface area contributed by atoms with Gasteiger partial charge in [0.05, 0.1) is 0 Å². The van der Waals surface area contributed by atoms with Gasteiger partial charge in [0.2, 0.25) is 18.1 Å². The van der Waals surface area contributed by atoms with Crippen LogP contribution in [0.3, 0.4) is 0 Å². The van der Waals surface area contributed by atoms with Gasteiger partial charge in [-0.05, 0) is 23.3 Å². The third kappa shape index (κ3) is 4.69. The number of nitrogens with zero attached hydrogens (tertiary/aromatic N) is 2. The minimum atomic E-state index is 0.803. The molecule has 4 nitrogen and oxygen atoms in total. The standard InChI is InChI=1S/C46H29N2O2/c1-4-13-30(14-5-1)35-21-11-23-37-39-26-40-38-24-12-22-36(46(38)50-44(40)27-43(39)49-45(35)37)32-17-10-18-33(25-32)42-29-48(34-19-8-3-9-20-34)28-41(47-42)31-15-6-2-7-16-31/h1-29H/q+1. The average Bonchev–Trinajstić information content (AvgIpc) is 3.75. The predicted molar refractivity (Wildman–Crippen MR) is 202 cm³/mol. The van der Waals surface area contributed by atoms with E-state index < -0.39 is 0 Å². The van der Waals surface area contributed by atoms with Crippen LogP contribution in [0.25, 0.3) is 94.3 Å². The van der Waals surface area contributed by atoms with Crippen LogP contribution in [0.2, 0.25) is 0 Å². The van der Waals surface area contributed by atoms with Crippen molar-refractivity contribution in [3.8, 4) is 50.5 Å². The number of furan rings is 2. The van der Waals surface area contributed by atoms with Crippen LogP contribution in [-0.4, -0.2) is 4.98 Å². The topological polar surface area (TPSA) is 43.0 Å². The quantitative estimate of drug-likeness (QED) is 0.176. The summed E-state index contributed by atoms with van der Waals surface area (Å²) in [7, 11) is 0. The van der Waals surface area contributed by atoms with Crippen molar-refractivity contribution in [1.82, 2.24) is 4.98 Å². The van der Waals surface area contributed by atoms with Crippen LogP contribution in [0.15, 0.2) is 185 Å². The van der Waals surface area contributed by atoms with E-state index in [1.165, 1.54) is 0 Å². The van der Waals surface area contributed by atoms with Gasteiger partial charge in [-0.3, -0.25) is 0 Å². The van der Waals surface area contributed by atoms with Crippen LogP contribution < -0.4 is 4.57 Å². The molecule has 234 valence electrons. The number of aromatic nitrogens is 2. The molecule has 10 aromatic rings. The molecule has 0 spiro atoms. The molecule has 0 saturated heterocycles. The second-order valence-electron chi connectivity index (χ2n) is 12.6. The minimum Gasteiger partial charge on any atom is -0.455 e. The Bertz CT molecular complexity index is 2800. The molecule has 0 N–H and O–H groups in total. The molecule has 0 aliphatic heterocycles. The zero-order valence-corrected chi connectivity index (χ0v) is 27.0. The van der Waals surface area contributed by atoms with E-state index >= 15 is 0 Å². The summed E-state index contributed by atoms with van der Waals surface area (Å²) in [4.78, 5) is 5.15. The maximum atomic E-state index is 6.68. The van der Waals surface area contributed by atoms with E-state index in [1.807, 2.05) is 36.4 Å². The van der Waals surface area contributed by atoms with Crippen LogP contribution in [0.4, 0.5) is 0 Å². The molecule has 10 rings (SSSR count). The smallest absolute Gasteiger partial charge is 0.210 e. The largest absolute Gasteiger partial charge is 0.455 e. The van der Waals surface area contributed by atoms with E-state index in [0.29, 0.717) is 0 Å². The lowest BCUT2D eigenvalue weighted by Gasteiger charge is -2.08. The molecule has 7 aromatic carbocycles. The maximum Gasteiger partial charge on any atom is 0.210 e. The second kappa shape index (κ2) is 11.4. The predicted octanol–water partition coefficient (Wildman–Crippen LogP) is 11.8. The molecule has 0 atom stereocenters. The Balaban J connectivity index is 1.11. The van der Waals surface area contributed by atoms with Gasteiger partial charge < -0.3 is 8.83 Å². The maximum absolute atomic E-state index is 6.68. The monoisotopic (exact) mass is 641 g/mol. The summed E-state index contributed by atoms with van der Waals surface area (Å²) in [6, 6.07) is 56.7. The minimum absolute atomic E-state index is 0.803. The molecule has 0 bridgehead atoms. The summed E-state index contributed by atoms with van der Waals surface area (Å²) in [5.74, 6) is 0. The molecule has 0 fully saturated rings. The van der Waals surface area contributed by atoms with Gasteiger partial charge in [-0.1, -0.05) is 133 Å². The van der Waals surface area contributed by atoms with Crippen molar-refractivity contribution >= 4 is 43.9 Å². The first kappa shape index (κ1) is 28.3. The number of hydrogen-bond acceptors (Lipinski definition) is 3. The van der Waals surface area contributed by atoms with Gasteiger partial charge in [0.25, 0.3) is 0 Å². The molecule has 0 aliphatic carbocycles. The lowest BCUT2D eigenvalue weighted by Crippen LogP contribution is -2.30. The number of fused-ring (bicyclic) bond motifs is 6. The number of hydrogen-bond donors (Lipinski definition) is 0. The molecule has 0 aliphatic rings. The van der Waals surface area contributed by atoms with Gasteiger partial charge in [0.15, 0.2) is 0 Å². The normalized spacial score (nSPS) is 11.6. The summed E-state index contributed by atoms with van der Waals surface area (Å²) in [5.41, 5.74) is 12.6. The number of rotatable bonds is 5. The molecule has 0 unspecified atom stereocenters. The molecule has 0 radical (unpaired) electrons. The lowest BCUT2D eigenvalue weighted by atomic mass is 9.99. The van der Waals surface area contributed by atoms with Crippen molar-refractivity contribution in [3.05, 3.63) is 176 Å². The number of para-hydroxylation sites is 3. The molecule has 0 amide bonds. The highest BCUT2D eigenvalue weighted by Gasteiger charge is 2.19. The Hall–Kier alpha value is -6.78. The molecule has 3 heterocycles. The summed E-state index contributed by atoms with van der Waals surface area (Å²) in [6.07, 6.45) is 4.19. The fourth-order valence-electron chi connectivity index (χ4n) is 7.13. The molecular formula is C46H29N2O2+. The SMILES string of the molecule is c1ccc(-c2c[n+](-c3ccccc3)cc(-c3cccc(-c4cccc5c4oc4cc6oc7c(-c8ccccc8)cccc7c6cc45)c3)n2)cc1. The van der Waals surface area contributed by atoms with E-state index in [9.17, 15) is 0 Å². The van der Waals surface area contributed by atoms with Gasteiger partial charge in [0.1, 0.15) is 33.7 Å². The van der Waals surface area contributed by atoms with Crippen LogP contribution in [0.5, 0.6) is 0 Å². The highest BCUT2D eigenvalue weighted by molar-refractivity contribution is 6.18. The van der Waals surface area contributed by atoms with Gasteiger partial charge in [0, 0.05) is 62.0 Å². The van der Waals surface area contributed by atoms with Crippen molar-refractivity contribution in [2.24, 2.45) is 0 Å². The summed E-state index contributed by atoms with van der Waals surface area (Å²) < 4.78 is 15.4. The Morgan fingerprint density at radius 1 is 0.380 bits per heavy atom. The third-order valence-electron chi connectivity index (χ3n) is 9.56. The molecule has 0 saturated carbocycles. The van der Waals surface area contributed by atoms with Gasteiger partial charge >= 0.3 is 0 Å². The Kier molecular flexibility index (Phi) is 6.46. The molecule has 50 heavy (non-hydrogen) atoms. The van der Waals surface area contributed by atoms with Crippen LogP contribution in [-0.2, 0) is 0 Å². The fraction of sp³-hybridized carbons (Fsp3) is 0. The van der Waals surface area contributed by atoms with E-state index in [0.717, 1.165) is 94.3 Å². The van der Waals surface area contributed by atoms with Crippen molar-refractivity contribution < 1.29 is 13.4 Å². The lowest BCUT2D eigenvalue weighted by molar-refractivity contribution is -0.595. The van der Waals surface area contributed by atoms with Gasteiger partial charge in [-0.25, -0.2) is 4.98 Å². The Labute approximate surface area is 288 Å². The van der Waals surface area contributed by atoms with Crippen molar-refractivity contribution in [2.75, 3.05) is 0 Å². The highest BCUT2D eigenvalue weighted by atomic mass is 16.3. The van der Waals surface area contributed by atoms with E-state index in [4.69, 9.17) is 13.8 Å². The highest BCUT2D eigenvalue weighted by Crippen LogP contribution is 2.42. The molecular weight excluding hydrogens is 613 g/mol. The van der Waals surface area contributed by atoms with Crippen LogP contribution >= 0.6 is 0 Å². The van der Waals surface area contributed by atoms with Gasteiger partial charge in [-0.15, -0.1) is 0 Å². The zero-order chi connectivity index (χ0) is 33.0. The van der Waals surface area contributed by atoms with Crippen molar-refractivity contribution in [1.29, 1.82) is 0 Å². The van der Waals surface area contributed by atoms with Gasteiger partial charge in [-0.2, -0.15) is 4.57 Å². The zero-order valence-electron chi connectivity index (χ0n) is 27.0.